The number of nitrogens with one attached hydrogen (secondary N) is 1. The molecule has 1 saturated heterocycles. The lowest BCUT2D eigenvalue weighted by Gasteiger charge is -2.27. The number of hydrogen-bond donors (Lipinski definition) is 1. The highest BCUT2D eigenvalue weighted by molar-refractivity contribution is 9.10. The van der Waals surface area contributed by atoms with Crippen LogP contribution in [0.1, 0.15) is 5.56 Å². The highest BCUT2D eigenvalue weighted by atomic mass is 79.9. The van der Waals surface area contributed by atoms with E-state index in [9.17, 15) is 0 Å². The van der Waals surface area contributed by atoms with E-state index in [0.717, 1.165) is 24.0 Å². The van der Waals surface area contributed by atoms with Crippen molar-refractivity contribution in [2.45, 2.75) is 6.42 Å². The molecule has 2 rings (SSSR count). The average molecular weight is 342 g/mol. The first-order valence-corrected chi connectivity index (χ1v) is 6.31. The van der Waals surface area contributed by atoms with Gasteiger partial charge in [-0.2, -0.15) is 0 Å². The zero-order valence-corrected chi connectivity index (χ0v) is 12.9. The Bertz CT molecular complexity index is 300. The Balaban J connectivity index is 0.00000128. The Hall–Kier alpha value is 0.200. The average Bonchev–Trinajstić information content (AvgIpc) is 2.30. The molecule has 0 aromatic heterocycles. The molecule has 1 aromatic carbocycles. The molecule has 0 atom stereocenters. The van der Waals surface area contributed by atoms with E-state index in [1.165, 1.54) is 25.2 Å². The zero-order valence-electron chi connectivity index (χ0n) is 9.69. The minimum absolute atomic E-state index is 0. The van der Waals surface area contributed by atoms with Crippen LogP contribution in [0.15, 0.2) is 28.7 Å². The van der Waals surface area contributed by atoms with Crippen LogP contribution < -0.4 is 5.32 Å². The van der Waals surface area contributed by atoms with Gasteiger partial charge in [0, 0.05) is 37.2 Å². The molecule has 1 aliphatic rings. The number of piperazine rings is 1. The van der Waals surface area contributed by atoms with Crippen LogP contribution in [-0.4, -0.2) is 37.6 Å². The van der Waals surface area contributed by atoms with Gasteiger partial charge in [-0.15, -0.1) is 24.8 Å². The summed E-state index contributed by atoms with van der Waals surface area (Å²) in [7, 11) is 0. The second-order valence-corrected chi connectivity index (χ2v) is 4.88. The second kappa shape index (κ2) is 9.17. The van der Waals surface area contributed by atoms with Crippen LogP contribution >= 0.6 is 40.7 Å². The summed E-state index contributed by atoms with van der Waals surface area (Å²) in [6, 6.07) is 8.64. The first-order chi connectivity index (χ1) is 7.34. The minimum atomic E-state index is 0. The van der Waals surface area contributed by atoms with Crippen molar-refractivity contribution in [3.8, 4) is 0 Å². The van der Waals surface area contributed by atoms with Gasteiger partial charge >= 0.3 is 0 Å². The Kier molecular flexibility index (Phi) is 9.28. The van der Waals surface area contributed by atoms with Crippen molar-refractivity contribution >= 4 is 40.7 Å². The Morgan fingerprint density at radius 3 is 2.24 bits per heavy atom. The first-order valence-electron chi connectivity index (χ1n) is 5.52. The summed E-state index contributed by atoms with van der Waals surface area (Å²) in [5, 5.41) is 3.37. The fourth-order valence-corrected chi connectivity index (χ4v) is 2.14. The standard InChI is InChI=1S/C12H17BrN2.2ClH/c13-12-3-1-11(2-4-12)5-8-15-9-6-14-7-10-15;;/h1-4,14H,5-10H2;2*1H. The topological polar surface area (TPSA) is 15.3 Å². The fourth-order valence-electron chi connectivity index (χ4n) is 1.87. The molecule has 98 valence electrons. The highest BCUT2D eigenvalue weighted by Crippen LogP contribution is 2.11. The summed E-state index contributed by atoms with van der Waals surface area (Å²) in [6.07, 6.45) is 1.16. The van der Waals surface area contributed by atoms with Crippen LogP contribution in [0.4, 0.5) is 0 Å². The van der Waals surface area contributed by atoms with Crippen molar-refractivity contribution in [2.75, 3.05) is 32.7 Å². The van der Waals surface area contributed by atoms with Gasteiger partial charge in [0.25, 0.3) is 0 Å². The molecule has 0 spiro atoms. The van der Waals surface area contributed by atoms with Crippen LogP contribution in [0.2, 0.25) is 0 Å². The number of hydrogen-bond acceptors (Lipinski definition) is 2. The maximum Gasteiger partial charge on any atom is 0.0175 e. The van der Waals surface area contributed by atoms with Crippen molar-refractivity contribution in [3.63, 3.8) is 0 Å². The van der Waals surface area contributed by atoms with Gasteiger partial charge in [-0.3, -0.25) is 0 Å². The van der Waals surface area contributed by atoms with E-state index in [-0.39, 0.29) is 24.8 Å². The van der Waals surface area contributed by atoms with Crippen LogP contribution in [0.25, 0.3) is 0 Å². The van der Waals surface area contributed by atoms with E-state index in [1.807, 2.05) is 0 Å². The molecule has 1 fully saturated rings. The molecular formula is C12H19BrCl2N2. The highest BCUT2D eigenvalue weighted by Gasteiger charge is 2.08. The second-order valence-electron chi connectivity index (χ2n) is 3.97. The van der Waals surface area contributed by atoms with E-state index >= 15 is 0 Å². The van der Waals surface area contributed by atoms with Crippen LogP contribution in [0.5, 0.6) is 0 Å². The third-order valence-electron chi connectivity index (χ3n) is 2.84. The van der Waals surface area contributed by atoms with Gasteiger partial charge in [-0.05, 0) is 24.1 Å². The smallest absolute Gasteiger partial charge is 0.0175 e. The van der Waals surface area contributed by atoms with Crippen molar-refractivity contribution in [1.82, 2.24) is 10.2 Å². The van der Waals surface area contributed by atoms with Crippen LogP contribution in [-0.2, 0) is 6.42 Å². The summed E-state index contributed by atoms with van der Waals surface area (Å²) in [4.78, 5) is 2.53. The van der Waals surface area contributed by atoms with E-state index < -0.39 is 0 Å². The summed E-state index contributed by atoms with van der Waals surface area (Å²) in [5.41, 5.74) is 1.43. The van der Waals surface area contributed by atoms with E-state index in [0.29, 0.717) is 0 Å². The summed E-state index contributed by atoms with van der Waals surface area (Å²) in [6.45, 7) is 5.84. The number of nitrogens with zero attached hydrogens (tertiary/aromatic N) is 1. The van der Waals surface area contributed by atoms with Gasteiger partial charge in [0.2, 0.25) is 0 Å². The number of benzene rings is 1. The monoisotopic (exact) mass is 340 g/mol. The predicted octanol–water partition coefficient (Wildman–Crippen LogP) is 2.74. The first kappa shape index (κ1) is 17.2. The van der Waals surface area contributed by atoms with Crippen molar-refractivity contribution in [3.05, 3.63) is 34.3 Å². The lowest BCUT2D eigenvalue weighted by Crippen LogP contribution is -2.44. The third-order valence-corrected chi connectivity index (χ3v) is 3.37. The van der Waals surface area contributed by atoms with E-state index in [2.05, 4.69) is 50.4 Å². The molecular weight excluding hydrogens is 323 g/mol. The maximum atomic E-state index is 3.45. The molecule has 1 N–H and O–H groups in total. The van der Waals surface area contributed by atoms with Crippen molar-refractivity contribution in [1.29, 1.82) is 0 Å². The van der Waals surface area contributed by atoms with Gasteiger partial charge in [0.15, 0.2) is 0 Å². The third kappa shape index (κ3) is 6.07. The Morgan fingerprint density at radius 2 is 1.65 bits per heavy atom. The summed E-state index contributed by atoms with van der Waals surface area (Å²) in [5.74, 6) is 0. The lowest BCUT2D eigenvalue weighted by atomic mass is 10.1. The fraction of sp³-hybridized carbons (Fsp3) is 0.500. The Morgan fingerprint density at radius 1 is 1.06 bits per heavy atom. The molecule has 0 aliphatic carbocycles. The molecule has 2 nitrogen and oxygen atoms in total. The molecule has 17 heavy (non-hydrogen) atoms. The van der Waals surface area contributed by atoms with Gasteiger partial charge in [0.05, 0.1) is 0 Å². The SMILES string of the molecule is Brc1ccc(CCN2CCNCC2)cc1.Cl.Cl. The quantitative estimate of drug-likeness (QED) is 0.909. The van der Waals surface area contributed by atoms with Crippen LogP contribution in [0.3, 0.4) is 0 Å². The summed E-state index contributed by atoms with van der Waals surface area (Å²) >= 11 is 3.45. The molecule has 0 unspecified atom stereocenters. The van der Waals surface area contributed by atoms with Crippen molar-refractivity contribution < 1.29 is 0 Å². The molecule has 0 bridgehead atoms. The molecule has 1 aromatic rings. The van der Waals surface area contributed by atoms with E-state index in [4.69, 9.17) is 0 Å². The molecule has 5 heteroatoms. The normalized spacial score (nSPS) is 15.8. The molecule has 0 saturated carbocycles. The lowest BCUT2D eigenvalue weighted by molar-refractivity contribution is 0.244. The maximum absolute atomic E-state index is 3.45. The minimum Gasteiger partial charge on any atom is -0.314 e. The van der Waals surface area contributed by atoms with Gasteiger partial charge in [0.1, 0.15) is 0 Å². The van der Waals surface area contributed by atoms with Crippen LogP contribution in [0, 0.1) is 0 Å². The summed E-state index contributed by atoms with van der Waals surface area (Å²) < 4.78 is 1.16. The number of halogens is 3. The largest absolute Gasteiger partial charge is 0.314 e. The predicted molar refractivity (Wildman–Crippen MR) is 81.7 cm³/mol. The van der Waals surface area contributed by atoms with Gasteiger partial charge < -0.3 is 10.2 Å². The van der Waals surface area contributed by atoms with Gasteiger partial charge in [-0.1, -0.05) is 28.1 Å². The van der Waals surface area contributed by atoms with Crippen molar-refractivity contribution in [2.24, 2.45) is 0 Å². The molecule has 1 aliphatic heterocycles. The zero-order chi connectivity index (χ0) is 10.5. The molecule has 0 amide bonds. The van der Waals surface area contributed by atoms with Gasteiger partial charge in [-0.25, -0.2) is 0 Å². The number of rotatable bonds is 3. The van der Waals surface area contributed by atoms with E-state index in [1.54, 1.807) is 0 Å². The Labute approximate surface area is 124 Å². The molecule has 1 heterocycles. The molecule has 0 radical (unpaired) electrons.